The maximum atomic E-state index is 13.3. The number of carbonyl (C=O) groups excluding carboxylic acids is 3. The fourth-order valence-corrected chi connectivity index (χ4v) is 17.0. The van der Waals surface area contributed by atoms with E-state index in [4.69, 9.17) is 18.9 Å². The first-order valence-corrected chi connectivity index (χ1v) is 51.3. The van der Waals surface area contributed by atoms with Crippen molar-refractivity contribution < 1.29 is 38.4 Å². The minimum Gasteiger partial charge on any atom is -0.465 e. The zero-order valence-corrected chi connectivity index (χ0v) is 79.0. The van der Waals surface area contributed by atoms with Crippen LogP contribution >= 0.6 is 0 Å². The van der Waals surface area contributed by atoms with Crippen molar-refractivity contribution in [3.8, 4) is 0 Å². The molecule has 1 N–H and O–H groups in total. The maximum absolute atomic E-state index is 13.3. The molecule has 114 heavy (non-hydrogen) atoms. The summed E-state index contributed by atoms with van der Waals surface area (Å²) in [4.78, 5) is 49.0. The summed E-state index contributed by atoms with van der Waals surface area (Å²) in [5.74, 6) is 1.80. The molecule has 680 valence electrons. The molecule has 0 saturated heterocycles. The van der Waals surface area contributed by atoms with Crippen LogP contribution in [0.5, 0.6) is 0 Å². The number of esters is 3. The Kier molecular flexibility index (Phi) is 87.5. The average molecular weight is 1610 g/mol. The molecule has 0 aliphatic rings. The van der Waals surface area contributed by atoms with Gasteiger partial charge in [0.1, 0.15) is 12.2 Å². The Morgan fingerprint density at radius 1 is 0.246 bits per heavy atom. The lowest BCUT2D eigenvalue weighted by atomic mass is 9.91. The monoisotopic (exact) mass is 1610 g/mol. The van der Waals surface area contributed by atoms with Crippen LogP contribution in [0.15, 0.2) is 0 Å². The summed E-state index contributed by atoms with van der Waals surface area (Å²) in [6.45, 7) is 25.7. The highest BCUT2D eigenvalue weighted by atomic mass is 16.6. The third-order valence-electron chi connectivity index (χ3n) is 25.0. The molecule has 0 amide bonds. The van der Waals surface area contributed by atoms with Crippen molar-refractivity contribution in [2.24, 2.45) is 17.8 Å². The summed E-state index contributed by atoms with van der Waals surface area (Å²) in [6.07, 6.45) is 86.0. The predicted octanol–water partition coefficient (Wildman–Crippen LogP) is 29.5. The molecule has 0 aromatic rings. The van der Waals surface area contributed by atoms with Crippen LogP contribution in [0.2, 0.25) is 0 Å². The van der Waals surface area contributed by atoms with Crippen LogP contribution in [0.25, 0.3) is 0 Å². The lowest BCUT2D eigenvalue weighted by molar-refractivity contribution is -0.151. The summed E-state index contributed by atoms with van der Waals surface area (Å²) < 4.78 is 24.6. The Bertz CT molecular complexity index is 1930. The van der Waals surface area contributed by atoms with Crippen LogP contribution in [0.1, 0.15) is 511 Å². The molecule has 12 nitrogen and oxygen atoms in total. The smallest absolute Gasteiger partial charge is 0.306 e. The highest BCUT2D eigenvalue weighted by Gasteiger charge is 2.20. The number of aliphatic hydroxyl groups is 1. The normalized spacial score (nSPS) is 13.3. The van der Waals surface area contributed by atoms with Crippen molar-refractivity contribution in [1.82, 2.24) is 19.6 Å². The summed E-state index contributed by atoms with van der Waals surface area (Å²) in [5, 5.41) is 11.2. The van der Waals surface area contributed by atoms with Crippen LogP contribution in [0, 0.1) is 17.8 Å². The second-order valence-electron chi connectivity index (χ2n) is 36.9. The van der Waals surface area contributed by atoms with E-state index in [-0.39, 0.29) is 30.1 Å². The molecule has 0 aliphatic carbocycles. The van der Waals surface area contributed by atoms with Gasteiger partial charge in [-0.2, -0.15) is 0 Å². The maximum Gasteiger partial charge on any atom is 0.306 e. The quantitative estimate of drug-likeness (QED) is 0.0270. The number of carbonyl (C=O) groups is 3. The second kappa shape index (κ2) is 88.9. The van der Waals surface area contributed by atoms with Gasteiger partial charge >= 0.3 is 17.9 Å². The fraction of sp³-hybridized carbons (Fsp3) is 0.971. The Morgan fingerprint density at radius 3 is 0.860 bits per heavy atom. The Balaban J connectivity index is 4.87. The molecule has 0 aromatic heterocycles. The molecule has 0 saturated carbocycles. The highest BCUT2D eigenvalue weighted by Crippen LogP contribution is 2.28. The SMILES string of the molecule is CCCCCCCCCCC(CCCCCCCC)COC(=O)CCCN(CCCC(O)OCC(CCCCCCCCCC)CCCCCCCCC(CC)CCCC(CCCCCC)OC(=O)CCCCCCCCCN(CCCCCCCCCC(=O)OC(CCCCCC)CCCCCC)CCN(C)C)CCN(C)C. The molecule has 0 rings (SSSR count). The van der Waals surface area contributed by atoms with Crippen molar-refractivity contribution in [3.63, 3.8) is 0 Å². The molecule has 0 heterocycles. The molecule has 0 aliphatic heterocycles. The van der Waals surface area contributed by atoms with Gasteiger partial charge in [-0.15, -0.1) is 0 Å². The van der Waals surface area contributed by atoms with Crippen LogP contribution in [-0.4, -0.2) is 155 Å². The second-order valence-corrected chi connectivity index (χ2v) is 36.9. The third kappa shape index (κ3) is 81.2. The first kappa shape index (κ1) is 112. The third-order valence-corrected chi connectivity index (χ3v) is 25.0. The van der Waals surface area contributed by atoms with E-state index >= 15 is 0 Å². The lowest BCUT2D eigenvalue weighted by Crippen LogP contribution is -2.34. The van der Waals surface area contributed by atoms with Gasteiger partial charge in [0.05, 0.1) is 13.2 Å². The summed E-state index contributed by atoms with van der Waals surface area (Å²) in [5.41, 5.74) is 0. The van der Waals surface area contributed by atoms with Gasteiger partial charge in [-0.25, -0.2) is 0 Å². The molecule has 0 bridgehead atoms. The topological polar surface area (TPSA) is 121 Å². The Morgan fingerprint density at radius 2 is 0.509 bits per heavy atom. The summed E-state index contributed by atoms with van der Waals surface area (Å²) in [7, 11) is 8.65. The van der Waals surface area contributed by atoms with Crippen LogP contribution in [0.4, 0.5) is 0 Å². The van der Waals surface area contributed by atoms with Crippen LogP contribution in [-0.2, 0) is 33.3 Å². The van der Waals surface area contributed by atoms with Gasteiger partial charge in [0.2, 0.25) is 0 Å². The molecule has 0 spiro atoms. The molecule has 0 radical (unpaired) electrons. The first-order chi connectivity index (χ1) is 55.7. The van der Waals surface area contributed by atoms with Gasteiger partial charge in [-0.05, 0) is 194 Å². The van der Waals surface area contributed by atoms with Gasteiger partial charge in [0, 0.05) is 45.4 Å². The molecule has 12 heteroatoms. The fourth-order valence-electron chi connectivity index (χ4n) is 17.0. The molecule has 5 atom stereocenters. The molecule has 5 unspecified atom stereocenters. The molecule has 0 aromatic carbocycles. The molecular formula is C102H204N4O8. The number of unbranched alkanes of at least 4 members (excludes halogenated alkanes) is 45. The van der Waals surface area contributed by atoms with E-state index in [0.29, 0.717) is 50.7 Å². The number of likely N-dealkylation sites (N-methyl/N-ethyl adjacent to an activating group) is 2. The van der Waals surface area contributed by atoms with E-state index in [1.165, 1.54) is 373 Å². The van der Waals surface area contributed by atoms with Gasteiger partial charge in [0.25, 0.3) is 0 Å². The van der Waals surface area contributed by atoms with E-state index in [1.54, 1.807) is 0 Å². The number of nitrogens with zero attached hydrogens (tertiary/aromatic N) is 4. The van der Waals surface area contributed by atoms with E-state index in [0.717, 1.165) is 122 Å². The van der Waals surface area contributed by atoms with Crippen molar-refractivity contribution in [1.29, 1.82) is 0 Å². The Hall–Kier alpha value is -1.83. The molecule has 0 fully saturated rings. The standard InChI is InChI=1S/C102H204N4O8/c1-12-19-25-31-34-38-48-57-72-95(71-56-46-33-27-21-14-3)92-111-99(107)82-68-86-106(91-89-104(10)11)87-69-83-100(108)112-93-96(73-58-49-39-35-32-26-20-13-2)74-59-50-43-42-47-55-70-94(18-7)75-67-79-98(78-62-30-24-17-6)114-102(110)81-64-52-41-37-45-54-66-85-105(90-88-103(8)9)84-65-53-44-36-40-51-63-80-101(109)113-97(76-60-28-22-15-4)77-61-29-23-16-5/h94-98,100,108H,12-93H2,1-11H3. The number of aliphatic hydroxyl groups excluding tert-OH is 1. The van der Waals surface area contributed by atoms with E-state index in [2.05, 4.69) is 96.3 Å². The zero-order valence-electron chi connectivity index (χ0n) is 79.0. The average Bonchev–Trinajstić information content (AvgIpc) is 0.980. The first-order valence-electron chi connectivity index (χ1n) is 51.3. The minimum atomic E-state index is -0.730. The number of hydrogen-bond acceptors (Lipinski definition) is 12. The van der Waals surface area contributed by atoms with Gasteiger partial charge < -0.3 is 43.7 Å². The van der Waals surface area contributed by atoms with E-state index in [9.17, 15) is 19.5 Å². The van der Waals surface area contributed by atoms with Crippen LogP contribution < -0.4 is 0 Å². The lowest BCUT2D eigenvalue weighted by Gasteiger charge is -2.25. The van der Waals surface area contributed by atoms with Gasteiger partial charge in [-0.3, -0.25) is 14.4 Å². The summed E-state index contributed by atoms with van der Waals surface area (Å²) >= 11 is 0. The zero-order chi connectivity index (χ0) is 83.3. The van der Waals surface area contributed by atoms with Gasteiger partial charge in [0.15, 0.2) is 6.29 Å². The predicted molar refractivity (Wildman–Crippen MR) is 495 cm³/mol. The minimum absolute atomic E-state index is 0.0317. The van der Waals surface area contributed by atoms with Crippen molar-refractivity contribution >= 4 is 17.9 Å². The Labute approximate surface area is 712 Å². The van der Waals surface area contributed by atoms with Crippen LogP contribution in [0.3, 0.4) is 0 Å². The van der Waals surface area contributed by atoms with Gasteiger partial charge in [-0.1, -0.05) is 370 Å². The van der Waals surface area contributed by atoms with E-state index in [1.807, 2.05) is 0 Å². The van der Waals surface area contributed by atoms with Crippen molar-refractivity contribution in [3.05, 3.63) is 0 Å². The molecular weight excluding hydrogens is 1410 g/mol. The van der Waals surface area contributed by atoms with Crippen molar-refractivity contribution in [2.75, 3.05) is 93.8 Å². The summed E-state index contributed by atoms with van der Waals surface area (Å²) in [6, 6.07) is 0. The number of ether oxygens (including phenoxy) is 4. The largest absolute Gasteiger partial charge is 0.465 e. The number of hydrogen-bond donors (Lipinski definition) is 1. The highest BCUT2D eigenvalue weighted by molar-refractivity contribution is 5.70. The van der Waals surface area contributed by atoms with Crippen molar-refractivity contribution in [2.45, 2.75) is 529 Å². The van der Waals surface area contributed by atoms with E-state index < -0.39 is 6.29 Å². The number of rotatable bonds is 95.